The van der Waals surface area contributed by atoms with Crippen LogP contribution < -0.4 is 32.1 Å². The minimum absolute atomic E-state index is 0. The summed E-state index contributed by atoms with van der Waals surface area (Å²) in [7, 11) is -1.45. The summed E-state index contributed by atoms with van der Waals surface area (Å²) in [5, 5.41) is 27.5. The molecule has 3 fully saturated rings. The molecule has 5 aromatic rings. The number of ether oxygens (including phenoxy) is 4. The molecule has 18 heteroatoms. The number of nitrogens with one attached hydrogen (secondary N) is 1. The molecule has 5 aromatic carbocycles. The van der Waals surface area contributed by atoms with Crippen LogP contribution in [0.5, 0.6) is 11.5 Å². The van der Waals surface area contributed by atoms with E-state index in [-0.39, 0.29) is 23.9 Å². The fraction of sp³-hybridized carbons (Fsp3) is 0.600. The summed E-state index contributed by atoms with van der Waals surface area (Å²) in [6.07, 6.45) is 5.76. The Morgan fingerprint density at radius 1 is 0.591 bits per heavy atom. The highest BCUT2D eigenvalue weighted by atomic mass is 35.5. The lowest BCUT2D eigenvalue weighted by Crippen LogP contribution is -3.00. The van der Waals surface area contributed by atoms with Crippen LogP contribution in [0.4, 0.5) is 5.69 Å². The first-order valence-electron chi connectivity index (χ1n) is 34.7. The van der Waals surface area contributed by atoms with Crippen molar-refractivity contribution in [3.63, 3.8) is 0 Å². The first-order valence-corrected chi connectivity index (χ1v) is 38.0. The van der Waals surface area contributed by atoms with Crippen LogP contribution in [0.2, 0.25) is 0 Å². The van der Waals surface area contributed by atoms with Gasteiger partial charge in [0.1, 0.15) is 37.8 Å². The molecule has 5 atom stereocenters. The van der Waals surface area contributed by atoms with Crippen molar-refractivity contribution in [2.24, 2.45) is 10.8 Å². The van der Waals surface area contributed by atoms with E-state index < -0.39 is 54.5 Å². The summed E-state index contributed by atoms with van der Waals surface area (Å²) in [5.74, 6) is 0.419. The Morgan fingerprint density at radius 3 is 1.62 bits per heavy atom. The Bertz CT molecular complexity index is 3290. The van der Waals surface area contributed by atoms with Crippen molar-refractivity contribution < 1.29 is 67.4 Å². The fourth-order valence-corrected chi connectivity index (χ4v) is 19.3. The number of aliphatic hydroxyl groups is 2. The van der Waals surface area contributed by atoms with Gasteiger partial charge in [0.2, 0.25) is 0 Å². The molecule has 5 aliphatic heterocycles. The van der Waals surface area contributed by atoms with E-state index in [1.165, 1.54) is 49.3 Å². The molecule has 5 aliphatic rings. The highest BCUT2D eigenvalue weighted by Gasteiger charge is 2.50. The maximum Gasteiger partial charge on any atom is 0.179 e. The van der Waals surface area contributed by atoms with Gasteiger partial charge < -0.3 is 60.8 Å². The van der Waals surface area contributed by atoms with Crippen LogP contribution in [0.3, 0.4) is 0 Å². The molecule has 2 bridgehead atoms. The van der Waals surface area contributed by atoms with E-state index in [0.717, 1.165) is 116 Å². The van der Waals surface area contributed by atoms with Crippen LogP contribution >= 0.6 is 0 Å². The molecule has 0 amide bonds. The average molecular weight is 1340 g/mol. The molecular weight excluding hydrogens is 1230 g/mol. The van der Waals surface area contributed by atoms with E-state index in [9.17, 15) is 27.0 Å². The smallest absolute Gasteiger partial charge is 0.179 e. The van der Waals surface area contributed by atoms with Gasteiger partial charge in [0.25, 0.3) is 0 Å². The van der Waals surface area contributed by atoms with Gasteiger partial charge in [-0.25, -0.2) is 16.8 Å². The second-order valence-corrected chi connectivity index (χ2v) is 31.5. The molecule has 516 valence electrons. The second-order valence-electron chi connectivity index (χ2n) is 27.6. The quantitative estimate of drug-likeness (QED) is 0.0277. The Labute approximate surface area is 566 Å². The van der Waals surface area contributed by atoms with Crippen LogP contribution in [0.25, 0.3) is 0 Å². The van der Waals surface area contributed by atoms with Gasteiger partial charge in [-0.1, -0.05) is 127 Å². The normalized spacial score (nSPS) is 23.4. The number of sulfone groups is 2. The predicted molar refractivity (Wildman–Crippen MR) is 371 cm³/mol. The number of aliphatic hydroxyl groups excluding tert-OH is 2. The number of fused-ring (bicyclic) bond motifs is 5. The second kappa shape index (κ2) is 34.5. The molecule has 0 saturated carbocycles. The number of rotatable bonds is 32. The Balaban J connectivity index is 0.000000261. The Morgan fingerprint density at radius 2 is 1.08 bits per heavy atom. The third-order valence-corrected chi connectivity index (χ3v) is 25.2. The minimum Gasteiger partial charge on any atom is -1.00 e. The average Bonchev–Trinajstić information content (AvgIpc) is 1.63. The number of likely N-dealkylation sites (N-methyl/N-ethyl adjacent to an activating group) is 1. The summed E-state index contributed by atoms with van der Waals surface area (Å²) >= 11 is 0. The molecule has 0 aliphatic carbocycles. The standard InChI is InChI=1S/C38H63N2O6S.C37H50N3O4S.ClH/c1-8-13-21-38(22-14-9-2)30-47(42,43)35-20-17-32(39(6)7)29-34(35)36(37(38)41)31-15-18-33(19-16-31)46-28-27-45-26-25-44-24-23-40(10-3,11-4)12-5;1-4-5-16-37(2)27-45(42,43)34-15-10-30(24-38-3)23-33(34)35(36(37)41)31-11-13-32(14-12-31)44-26-29-8-6-28(7-9-29)25-40-20-17-39(18-21-40)19-22-40;/h15-20,29,36-37,41H,8-14,21-28,30H2,1-7H3;6-15,23,35-36,38,41H,4-5,16-22,24-27H2,1-3H3;1H/q2*+1;/p-1/t36-,37-;35-,36-,37?;/m11./s1. The third-order valence-electron chi connectivity index (χ3n) is 21.1. The first-order chi connectivity index (χ1) is 44.1. The van der Waals surface area contributed by atoms with Gasteiger partial charge in [0.15, 0.2) is 19.7 Å². The van der Waals surface area contributed by atoms with E-state index >= 15 is 0 Å². The largest absolute Gasteiger partial charge is 1.00 e. The highest BCUT2D eigenvalue weighted by molar-refractivity contribution is 7.91. The number of hydrogen-bond donors (Lipinski definition) is 3. The van der Waals surface area contributed by atoms with Crippen LogP contribution in [-0.4, -0.2) is 184 Å². The molecular formula is C75H113ClN5O10S2+. The molecule has 0 spiro atoms. The van der Waals surface area contributed by atoms with Crippen molar-refractivity contribution in [1.82, 2.24) is 10.2 Å². The van der Waals surface area contributed by atoms with E-state index in [0.29, 0.717) is 85.5 Å². The molecule has 15 nitrogen and oxygen atoms in total. The number of halogens is 1. The number of unbranched alkanes of at least 4 members (excludes halogenated alkanes) is 3. The van der Waals surface area contributed by atoms with Crippen LogP contribution in [0.1, 0.15) is 157 Å². The number of quaternary nitrogens is 2. The van der Waals surface area contributed by atoms with Gasteiger partial charge >= 0.3 is 0 Å². The maximum absolute atomic E-state index is 14.0. The number of piperazine rings is 3. The topological polar surface area (TPSA) is 164 Å². The molecule has 3 N–H and O–H groups in total. The molecule has 5 heterocycles. The molecule has 3 saturated heterocycles. The van der Waals surface area contributed by atoms with Gasteiger partial charge in [0.05, 0.1) is 99.2 Å². The van der Waals surface area contributed by atoms with E-state index in [4.69, 9.17) is 18.9 Å². The maximum atomic E-state index is 14.0. The molecule has 1 unspecified atom stereocenters. The van der Waals surface area contributed by atoms with E-state index in [2.05, 4.69) is 76.0 Å². The Kier molecular flexibility index (Phi) is 28.1. The molecule has 10 rings (SSSR count). The lowest BCUT2D eigenvalue weighted by atomic mass is 9.68. The summed E-state index contributed by atoms with van der Waals surface area (Å²) in [6, 6.07) is 35.7. The SMILES string of the molecule is CCCCC1(C)CS(=O)(=O)c2ccc(CNC)cc2[C@@H](c2ccc(OCc3ccc(C[N+]45CCN(CC4)CC5)cc3)cc2)[C@H]1O.CCCCC1(CCCC)CS(=O)(=O)c2ccc(N(C)C)cc2[C@@H](c2ccc(OCCOCCOCC[N+](CC)(CC)CC)cc2)[C@H]1O.[Cl-]. The number of hydrogen-bond acceptors (Lipinski definition) is 13. The summed E-state index contributed by atoms with van der Waals surface area (Å²) in [6.45, 7) is 31.8. The van der Waals surface area contributed by atoms with Crippen molar-refractivity contribution in [1.29, 1.82) is 0 Å². The minimum atomic E-state index is -3.63. The van der Waals surface area contributed by atoms with Crippen LogP contribution in [0.15, 0.2) is 119 Å². The van der Waals surface area contributed by atoms with Crippen LogP contribution in [-0.2, 0) is 48.8 Å². The van der Waals surface area contributed by atoms with Crippen molar-refractivity contribution in [2.45, 2.75) is 160 Å². The lowest BCUT2D eigenvalue weighted by molar-refractivity contribution is -0.953. The molecule has 0 radical (unpaired) electrons. The third kappa shape index (κ3) is 18.9. The van der Waals surface area contributed by atoms with Gasteiger partial charge in [-0.05, 0) is 129 Å². The summed E-state index contributed by atoms with van der Waals surface area (Å²) < 4.78 is 81.6. The van der Waals surface area contributed by atoms with Gasteiger partial charge in [-0.3, -0.25) is 4.90 Å². The zero-order chi connectivity index (χ0) is 66.2. The zero-order valence-corrected chi connectivity index (χ0v) is 60.2. The van der Waals surface area contributed by atoms with Crippen molar-refractivity contribution in [3.05, 3.63) is 148 Å². The highest BCUT2D eigenvalue weighted by Crippen LogP contribution is 2.51. The van der Waals surface area contributed by atoms with E-state index in [1.807, 2.05) is 106 Å². The summed E-state index contributed by atoms with van der Waals surface area (Å²) in [5.41, 5.74) is 6.08. The predicted octanol–water partition coefficient (Wildman–Crippen LogP) is 8.80. The zero-order valence-electron chi connectivity index (χ0n) is 57.9. The number of nitrogens with zero attached hydrogens (tertiary/aromatic N) is 4. The first kappa shape index (κ1) is 75.7. The summed E-state index contributed by atoms with van der Waals surface area (Å²) in [4.78, 5) is 5.23. The monoisotopic (exact) mass is 1340 g/mol. The van der Waals surface area contributed by atoms with Crippen molar-refractivity contribution >= 4 is 25.4 Å². The van der Waals surface area contributed by atoms with Gasteiger partial charge in [0, 0.05) is 74.2 Å². The molecule has 0 aromatic heterocycles. The Hall–Kier alpha value is -4.63. The van der Waals surface area contributed by atoms with Crippen LogP contribution in [0, 0.1) is 10.8 Å². The van der Waals surface area contributed by atoms with Crippen molar-refractivity contribution in [2.75, 3.05) is 136 Å². The lowest BCUT2D eigenvalue weighted by Gasteiger charge is -2.50. The fourth-order valence-electron chi connectivity index (χ4n) is 14.9. The van der Waals surface area contributed by atoms with Gasteiger partial charge in [-0.2, -0.15) is 0 Å². The van der Waals surface area contributed by atoms with Crippen molar-refractivity contribution in [3.8, 4) is 11.5 Å². The van der Waals surface area contributed by atoms with E-state index in [1.54, 1.807) is 12.1 Å². The number of benzene rings is 5. The van der Waals surface area contributed by atoms with Gasteiger partial charge in [-0.15, -0.1) is 0 Å². The number of anilines is 1. The molecule has 93 heavy (non-hydrogen) atoms.